The highest BCUT2D eigenvalue weighted by atomic mass is 35.5. The molecule has 6 nitrogen and oxygen atoms in total. The molecule has 3 rings (SSSR count). The van der Waals surface area contributed by atoms with E-state index in [9.17, 15) is 8.42 Å². The predicted octanol–water partition coefficient (Wildman–Crippen LogP) is 1.41. The highest BCUT2D eigenvalue weighted by molar-refractivity contribution is 7.89. The molecule has 0 unspecified atom stereocenters. The van der Waals surface area contributed by atoms with Crippen LogP contribution < -0.4 is 4.72 Å². The van der Waals surface area contributed by atoms with Gasteiger partial charge in [-0.05, 0) is 51.2 Å². The lowest BCUT2D eigenvalue weighted by atomic mass is 9.85. The van der Waals surface area contributed by atoms with Gasteiger partial charge in [0.15, 0.2) is 0 Å². The van der Waals surface area contributed by atoms with Gasteiger partial charge in [0.25, 0.3) is 0 Å². The van der Waals surface area contributed by atoms with Gasteiger partial charge in [-0.15, -0.1) is 0 Å². The second-order valence-electron chi connectivity index (χ2n) is 6.91. The molecule has 140 valence electrons. The van der Waals surface area contributed by atoms with Gasteiger partial charge in [-0.3, -0.25) is 4.90 Å². The fourth-order valence-electron chi connectivity index (χ4n) is 3.62. The number of halogens is 1. The lowest BCUT2D eigenvalue weighted by Gasteiger charge is -2.49. The lowest BCUT2D eigenvalue weighted by molar-refractivity contribution is -0.0427. The van der Waals surface area contributed by atoms with Crippen LogP contribution in [0.2, 0.25) is 5.02 Å². The molecule has 0 aromatic heterocycles. The molecular weight excluding hydrogens is 362 g/mol. The number of rotatable bonds is 5. The van der Waals surface area contributed by atoms with Crippen molar-refractivity contribution >= 4 is 21.6 Å². The van der Waals surface area contributed by atoms with Crippen molar-refractivity contribution in [1.29, 1.82) is 0 Å². The standard InChI is InChI=1S/C17H26ClN3O3S/c1-20-7-5-17(6-8-20,21-9-11-24-12-10-21)14-19-25(22,23)16-4-2-3-15(18)13-16/h2-4,13,19H,5-12,14H2,1H3. The van der Waals surface area contributed by atoms with E-state index in [1.54, 1.807) is 18.2 Å². The van der Waals surface area contributed by atoms with Crippen molar-refractivity contribution in [2.24, 2.45) is 0 Å². The molecule has 0 spiro atoms. The highest BCUT2D eigenvalue weighted by Gasteiger charge is 2.40. The predicted molar refractivity (Wildman–Crippen MR) is 98.5 cm³/mol. The summed E-state index contributed by atoms with van der Waals surface area (Å²) in [7, 11) is -1.47. The molecule has 0 bridgehead atoms. The second kappa shape index (κ2) is 7.90. The van der Waals surface area contributed by atoms with Gasteiger partial charge < -0.3 is 9.64 Å². The summed E-state index contributed by atoms with van der Waals surface area (Å²) in [6.07, 6.45) is 1.89. The first-order valence-corrected chi connectivity index (χ1v) is 10.5. The Morgan fingerprint density at radius 1 is 1.20 bits per heavy atom. The number of hydrogen-bond acceptors (Lipinski definition) is 5. The van der Waals surface area contributed by atoms with Crippen molar-refractivity contribution in [2.75, 3.05) is 53.0 Å². The number of morpholine rings is 1. The number of hydrogen-bond donors (Lipinski definition) is 1. The third-order valence-corrected chi connectivity index (χ3v) is 6.93. The number of piperidine rings is 1. The first kappa shape index (κ1) is 19.1. The van der Waals surface area contributed by atoms with E-state index in [0.717, 1.165) is 39.0 Å². The zero-order chi connectivity index (χ0) is 17.9. The van der Waals surface area contributed by atoms with Gasteiger partial charge in [0, 0.05) is 30.2 Å². The fraction of sp³-hybridized carbons (Fsp3) is 0.647. The molecule has 0 atom stereocenters. The summed E-state index contributed by atoms with van der Waals surface area (Å²) >= 11 is 5.95. The number of likely N-dealkylation sites (tertiary alicyclic amines) is 1. The van der Waals surface area contributed by atoms with E-state index in [2.05, 4.69) is 21.6 Å². The van der Waals surface area contributed by atoms with Crippen LogP contribution in [0.15, 0.2) is 29.2 Å². The Morgan fingerprint density at radius 2 is 1.88 bits per heavy atom. The maximum Gasteiger partial charge on any atom is 0.240 e. The third kappa shape index (κ3) is 4.53. The van der Waals surface area contributed by atoms with Crippen LogP contribution in [0.3, 0.4) is 0 Å². The molecule has 0 saturated carbocycles. The molecule has 1 aromatic carbocycles. The summed E-state index contributed by atoms with van der Waals surface area (Å²) in [4.78, 5) is 4.92. The van der Waals surface area contributed by atoms with Crippen LogP contribution in [0.1, 0.15) is 12.8 Å². The Bertz CT molecular complexity index is 684. The molecule has 0 radical (unpaired) electrons. The van der Waals surface area contributed by atoms with Crippen molar-refractivity contribution in [1.82, 2.24) is 14.5 Å². The summed E-state index contributed by atoms with van der Waals surface area (Å²) < 4.78 is 33.7. The van der Waals surface area contributed by atoms with Crippen molar-refractivity contribution < 1.29 is 13.2 Å². The van der Waals surface area contributed by atoms with E-state index in [0.29, 0.717) is 24.8 Å². The van der Waals surface area contributed by atoms with E-state index in [1.807, 2.05) is 0 Å². The Morgan fingerprint density at radius 3 is 2.52 bits per heavy atom. The van der Waals surface area contributed by atoms with Gasteiger partial charge in [-0.1, -0.05) is 17.7 Å². The summed E-state index contributed by atoms with van der Waals surface area (Å²) in [6, 6.07) is 6.39. The number of nitrogens with zero attached hydrogens (tertiary/aromatic N) is 2. The molecule has 2 aliphatic heterocycles. The van der Waals surface area contributed by atoms with Crippen molar-refractivity contribution in [3.63, 3.8) is 0 Å². The minimum Gasteiger partial charge on any atom is -0.379 e. The monoisotopic (exact) mass is 387 g/mol. The summed E-state index contributed by atoms with van der Waals surface area (Å²) in [5.41, 5.74) is -0.151. The van der Waals surface area contributed by atoms with Crippen LogP contribution in [0.4, 0.5) is 0 Å². The minimum atomic E-state index is -3.58. The van der Waals surface area contributed by atoms with E-state index in [1.165, 1.54) is 6.07 Å². The Kier molecular flexibility index (Phi) is 6.03. The first-order valence-electron chi connectivity index (χ1n) is 8.68. The summed E-state index contributed by atoms with van der Waals surface area (Å²) in [5.74, 6) is 0. The normalized spacial score (nSPS) is 22.8. The highest BCUT2D eigenvalue weighted by Crippen LogP contribution is 2.29. The number of nitrogens with one attached hydrogen (secondary N) is 1. The molecule has 25 heavy (non-hydrogen) atoms. The van der Waals surface area contributed by atoms with Crippen LogP contribution >= 0.6 is 11.6 Å². The van der Waals surface area contributed by atoms with Gasteiger partial charge in [0.2, 0.25) is 10.0 Å². The molecular formula is C17H26ClN3O3S. The Hall–Kier alpha value is -0.700. The van der Waals surface area contributed by atoms with Crippen LogP contribution in [-0.2, 0) is 14.8 Å². The van der Waals surface area contributed by atoms with Crippen LogP contribution in [0.5, 0.6) is 0 Å². The van der Waals surface area contributed by atoms with E-state index in [4.69, 9.17) is 16.3 Å². The quantitative estimate of drug-likeness (QED) is 0.827. The molecule has 0 amide bonds. The number of sulfonamides is 1. The third-order valence-electron chi connectivity index (χ3n) is 5.30. The Balaban J connectivity index is 1.76. The average molecular weight is 388 g/mol. The Labute approximate surface area is 155 Å². The van der Waals surface area contributed by atoms with Gasteiger partial charge in [0.1, 0.15) is 0 Å². The SMILES string of the molecule is CN1CCC(CNS(=O)(=O)c2cccc(Cl)c2)(N2CCOCC2)CC1. The van der Waals surface area contributed by atoms with E-state index < -0.39 is 10.0 Å². The smallest absolute Gasteiger partial charge is 0.240 e. The molecule has 0 aliphatic carbocycles. The number of ether oxygens (including phenoxy) is 1. The summed E-state index contributed by atoms with van der Waals surface area (Å²) in [6.45, 7) is 5.46. The maximum atomic E-state index is 12.7. The minimum absolute atomic E-state index is 0.151. The van der Waals surface area contributed by atoms with E-state index in [-0.39, 0.29) is 10.4 Å². The zero-order valence-corrected chi connectivity index (χ0v) is 16.2. The largest absolute Gasteiger partial charge is 0.379 e. The first-order chi connectivity index (χ1) is 11.9. The maximum absolute atomic E-state index is 12.7. The molecule has 2 fully saturated rings. The molecule has 1 N–H and O–H groups in total. The fourth-order valence-corrected chi connectivity index (χ4v) is 5.04. The van der Waals surface area contributed by atoms with Gasteiger partial charge in [-0.25, -0.2) is 13.1 Å². The van der Waals surface area contributed by atoms with E-state index >= 15 is 0 Å². The van der Waals surface area contributed by atoms with Crippen LogP contribution in [0, 0.1) is 0 Å². The van der Waals surface area contributed by atoms with Gasteiger partial charge >= 0.3 is 0 Å². The van der Waals surface area contributed by atoms with Crippen molar-refractivity contribution in [3.8, 4) is 0 Å². The van der Waals surface area contributed by atoms with Crippen molar-refractivity contribution in [3.05, 3.63) is 29.3 Å². The van der Waals surface area contributed by atoms with Crippen LogP contribution in [0.25, 0.3) is 0 Å². The second-order valence-corrected chi connectivity index (χ2v) is 9.11. The van der Waals surface area contributed by atoms with Gasteiger partial charge in [0.05, 0.1) is 18.1 Å². The average Bonchev–Trinajstić information content (AvgIpc) is 2.62. The molecule has 1 aromatic rings. The summed E-state index contributed by atoms with van der Waals surface area (Å²) in [5, 5.41) is 0.421. The lowest BCUT2D eigenvalue weighted by Crippen LogP contribution is -2.62. The van der Waals surface area contributed by atoms with Crippen LogP contribution in [-0.4, -0.2) is 76.7 Å². The van der Waals surface area contributed by atoms with Crippen molar-refractivity contribution in [2.45, 2.75) is 23.3 Å². The topological polar surface area (TPSA) is 61.9 Å². The van der Waals surface area contributed by atoms with Gasteiger partial charge in [-0.2, -0.15) is 0 Å². The molecule has 2 saturated heterocycles. The molecule has 8 heteroatoms. The zero-order valence-electron chi connectivity index (χ0n) is 14.6. The molecule has 2 aliphatic rings. The molecule has 2 heterocycles. The number of benzene rings is 1.